The van der Waals surface area contributed by atoms with Crippen molar-refractivity contribution in [1.82, 2.24) is 0 Å². The Balaban J connectivity index is 4.83. The number of carbonyl (C=O) groups is 2. The zero-order valence-electron chi connectivity index (χ0n) is 11.5. The second kappa shape index (κ2) is 6.42. The number of ether oxygens (including phenoxy) is 2. The van der Waals surface area contributed by atoms with Gasteiger partial charge in [0.25, 0.3) is 0 Å². The Morgan fingerprint density at radius 3 is 1.82 bits per heavy atom. The highest BCUT2D eigenvalue weighted by atomic mass is 16.5. The van der Waals surface area contributed by atoms with Crippen molar-refractivity contribution in [3.63, 3.8) is 0 Å². The van der Waals surface area contributed by atoms with Crippen molar-refractivity contribution in [2.45, 2.75) is 34.1 Å². The van der Waals surface area contributed by atoms with Crippen LogP contribution < -0.4 is 0 Å². The van der Waals surface area contributed by atoms with Gasteiger partial charge in [-0.05, 0) is 18.8 Å². The number of carbonyl (C=O) groups excluding carboxylic acids is 2. The number of esters is 2. The minimum atomic E-state index is -0.872. The molecule has 0 heterocycles. The maximum Gasteiger partial charge on any atom is 0.320 e. The zero-order valence-corrected chi connectivity index (χ0v) is 11.5. The highest BCUT2D eigenvalue weighted by Gasteiger charge is 2.28. The van der Waals surface area contributed by atoms with Gasteiger partial charge >= 0.3 is 11.9 Å². The van der Waals surface area contributed by atoms with Crippen molar-refractivity contribution >= 4 is 11.9 Å². The van der Waals surface area contributed by atoms with Gasteiger partial charge in [-0.1, -0.05) is 32.4 Å². The third kappa shape index (κ3) is 6.09. The van der Waals surface area contributed by atoms with Gasteiger partial charge in [-0.15, -0.1) is 0 Å². The van der Waals surface area contributed by atoms with E-state index in [9.17, 15) is 9.59 Å². The van der Waals surface area contributed by atoms with E-state index in [2.05, 4.69) is 30.2 Å². The summed E-state index contributed by atoms with van der Waals surface area (Å²) in [4.78, 5) is 22.9. The van der Waals surface area contributed by atoms with Crippen molar-refractivity contribution in [2.75, 3.05) is 14.2 Å². The Kier molecular flexibility index (Phi) is 5.93. The van der Waals surface area contributed by atoms with Crippen LogP contribution in [0.3, 0.4) is 0 Å². The van der Waals surface area contributed by atoms with Gasteiger partial charge in [-0.2, -0.15) is 0 Å². The van der Waals surface area contributed by atoms with Crippen LogP contribution in [-0.4, -0.2) is 26.2 Å². The van der Waals surface area contributed by atoms with E-state index in [-0.39, 0.29) is 5.41 Å². The molecule has 0 aliphatic heterocycles. The molecule has 4 heteroatoms. The first kappa shape index (κ1) is 15.7. The van der Waals surface area contributed by atoms with Crippen LogP contribution >= 0.6 is 0 Å². The summed E-state index contributed by atoms with van der Waals surface area (Å²) >= 11 is 0. The number of hydrogen-bond donors (Lipinski definition) is 0. The van der Waals surface area contributed by atoms with Gasteiger partial charge in [0.05, 0.1) is 14.2 Å². The Hall–Kier alpha value is -1.32. The quantitative estimate of drug-likeness (QED) is 0.431. The number of allylic oxidation sites excluding steroid dienone is 2. The molecule has 0 aromatic rings. The molecule has 0 N–H and O–H groups in total. The van der Waals surface area contributed by atoms with Gasteiger partial charge in [0, 0.05) is 0 Å². The van der Waals surface area contributed by atoms with E-state index >= 15 is 0 Å². The van der Waals surface area contributed by atoms with Crippen LogP contribution in [0.5, 0.6) is 0 Å². The van der Waals surface area contributed by atoms with Crippen LogP contribution in [0.2, 0.25) is 0 Å². The van der Waals surface area contributed by atoms with Crippen molar-refractivity contribution < 1.29 is 19.1 Å². The number of methoxy groups -OCH3 is 2. The summed E-state index contributed by atoms with van der Waals surface area (Å²) in [6, 6.07) is 0. The first-order valence-corrected chi connectivity index (χ1v) is 5.55. The predicted octanol–water partition coefficient (Wildman–Crippen LogP) is 2.33. The molecular formula is C13H22O4. The van der Waals surface area contributed by atoms with Crippen molar-refractivity contribution in [3.05, 3.63) is 11.6 Å². The highest BCUT2D eigenvalue weighted by Crippen LogP contribution is 2.22. The lowest BCUT2D eigenvalue weighted by Gasteiger charge is -2.17. The first-order valence-electron chi connectivity index (χ1n) is 5.55. The van der Waals surface area contributed by atoms with E-state index in [1.165, 1.54) is 14.2 Å². The zero-order chi connectivity index (χ0) is 13.6. The average Bonchev–Trinajstić information content (AvgIpc) is 2.21. The van der Waals surface area contributed by atoms with Crippen LogP contribution in [0.1, 0.15) is 34.1 Å². The summed E-state index contributed by atoms with van der Waals surface area (Å²) in [5, 5.41) is 0. The maximum absolute atomic E-state index is 11.5. The molecule has 0 aliphatic carbocycles. The standard InChI is InChI=1S/C13H22O4/c1-9(8-13(2,3)4)7-10(11(14)16-5)12(15)17-6/h8,10H,7H2,1-6H3. The normalized spacial score (nSPS) is 12.5. The Morgan fingerprint density at radius 2 is 1.53 bits per heavy atom. The number of hydrogen-bond acceptors (Lipinski definition) is 4. The minimum Gasteiger partial charge on any atom is -0.468 e. The lowest BCUT2D eigenvalue weighted by Crippen LogP contribution is -2.26. The molecule has 0 fully saturated rings. The molecule has 0 saturated heterocycles. The average molecular weight is 242 g/mol. The predicted molar refractivity (Wildman–Crippen MR) is 65.4 cm³/mol. The third-order valence-electron chi connectivity index (χ3n) is 2.18. The third-order valence-corrected chi connectivity index (χ3v) is 2.18. The van der Waals surface area contributed by atoms with E-state index in [4.69, 9.17) is 0 Å². The smallest absolute Gasteiger partial charge is 0.320 e. The Labute approximate surface area is 103 Å². The lowest BCUT2D eigenvalue weighted by molar-refractivity contribution is -0.158. The van der Waals surface area contributed by atoms with Crippen LogP contribution in [0.15, 0.2) is 11.6 Å². The molecule has 0 aromatic heterocycles. The maximum atomic E-state index is 11.5. The summed E-state index contributed by atoms with van der Waals surface area (Å²) in [6.07, 6.45) is 2.36. The van der Waals surface area contributed by atoms with Crippen LogP contribution in [-0.2, 0) is 19.1 Å². The van der Waals surface area contributed by atoms with Gasteiger partial charge in [-0.3, -0.25) is 9.59 Å². The monoisotopic (exact) mass is 242 g/mol. The van der Waals surface area contributed by atoms with E-state index in [1.54, 1.807) is 0 Å². The van der Waals surface area contributed by atoms with Gasteiger partial charge in [0.2, 0.25) is 0 Å². The topological polar surface area (TPSA) is 52.6 Å². The summed E-state index contributed by atoms with van der Waals surface area (Å²) in [5.41, 5.74) is 0.985. The van der Waals surface area contributed by atoms with E-state index in [0.29, 0.717) is 6.42 Å². The molecule has 0 aliphatic rings. The van der Waals surface area contributed by atoms with Crippen molar-refractivity contribution in [1.29, 1.82) is 0 Å². The molecule has 17 heavy (non-hydrogen) atoms. The summed E-state index contributed by atoms with van der Waals surface area (Å²) < 4.78 is 9.20. The summed E-state index contributed by atoms with van der Waals surface area (Å²) in [7, 11) is 2.53. The SMILES string of the molecule is COC(=O)C(CC(C)=CC(C)(C)C)C(=O)OC. The van der Waals surface area contributed by atoms with Gasteiger partial charge in [-0.25, -0.2) is 0 Å². The van der Waals surface area contributed by atoms with E-state index in [1.807, 2.05) is 13.0 Å². The van der Waals surface area contributed by atoms with E-state index in [0.717, 1.165) is 5.57 Å². The lowest BCUT2D eigenvalue weighted by atomic mass is 9.90. The molecule has 98 valence electrons. The molecule has 0 rings (SSSR count). The van der Waals surface area contributed by atoms with Gasteiger partial charge in [0.1, 0.15) is 0 Å². The summed E-state index contributed by atoms with van der Waals surface area (Å²) in [6.45, 7) is 8.06. The first-order chi connectivity index (χ1) is 7.71. The fourth-order valence-electron chi connectivity index (χ4n) is 1.67. The van der Waals surface area contributed by atoms with Crippen molar-refractivity contribution in [2.24, 2.45) is 11.3 Å². The fourth-order valence-corrected chi connectivity index (χ4v) is 1.67. The van der Waals surface area contributed by atoms with E-state index < -0.39 is 17.9 Å². The molecule has 0 unspecified atom stereocenters. The molecule has 0 amide bonds. The molecule has 4 nitrogen and oxygen atoms in total. The van der Waals surface area contributed by atoms with Crippen LogP contribution in [0.4, 0.5) is 0 Å². The fraction of sp³-hybridized carbons (Fsp3) is 0.692. The van der Waals surface area contributed by atoms with Crippen molar-refractivity contribution in [3.8, 4) is 0 Å². The Bertz CT molecular complexity index is 294. The second-order valence-corrected chi connectivity index (χ2v) is 5.16. The number of rotatable bonds is 4. The molecule has 0 bridgehead atoms. The molecule has 0 saturated carbocycles. The minimum absolute atomic E-state index is 0.0148. The largest absolute Gasteiger partial charge is 0.468 e. The highest BCUT2D eigenvalue weighted by molar-refractivity contribution is 5.95. The molecule has 0 radical (unpaired) electrons. The van der Waals surface area contributed by atoms with Gasteiger partial charge < -0.3 is 9.47 Å². The molecule has 0 atom stereocenters. The molecule has 0 spiro atoms. The Morgan fingerprint density at radius 1 is 1.12 bits per heavy atom. The van der Waals surface area contributed by atoms with Crippen LogP contribution in [0, 0.1) is 11.3 Å². The van der Waals surface area contributed by atoms with Crippen LogP contribution in [0.25, 0.3) is 0 Å². The second-order valence-electron chi connectivity index (χ2n) is 5.16. The summed E-state index contributed by atoms with van der Waals surface area (Å²) in [5.74, 6) is -1.99. The molecule has 0 aromatic carbocycles. The van der Waals surface area contributed by atoms with Gasteiger partial charge in [0.15, 0.2) is 5.92 Å². The molecular weight excluding hydrogens is 220 g/mol.